The maximum absolute atomic E-state index is 11.7. The quantitative estimate of drug-likeness (QED) is 0.785. The van der Waals surface area contributed by atoms with Crippen LogP contribution in [0.4, 0.5) is 0 Å². The predicted molar refractivity (Wildman–Crippen MR) is 69.3 cm³/mol. The predicted octanol–water partition coefficient (Wildman–Crippen LogP) is 2.31. The van der Waals surface area contributed by atoms with Gasteiger partial charge in [0.15, 0.2) is 0 Å². The van der Waals surface area contributed by atoms with Crippen LogP contribution in [0, 0.1) is 0 Å². The second kappa shape index (κ2) is 6.59. The molecule has 0 spiro atoms. The summed E-state index contributed by atoms with van der Waals surface area (Å²) >= 11 is 0. The van der Waals surface area contributed by atoms with Gasteiger partial charge in [-0.05, 0) is 24.1 Å². The summed E-state index contributed by atoms with van der Waals surface area (Å²) in [5.41, 5.74) is 1.16. The van der Waals surface area contributed by atoms with Crippen molar-refractivity contribution in [3.63, 3.8) is 0 Å². The number of amides is 1. The van der Waals surface area contributed by atoms with Crippen LogP contribution in [0.2, 0.25) is 0 Å². The van der Waals surface area contributed by atoms with Gasteiger partial charge >= 0.3 is 5.97 Å². The van der Waals surface area contributed by atoms with Crippen LogP contribution in [0.5, 0.6) is 0 Å². The average Bonchev–Trinajstić information content (AvgIpc) is 2.36. The van der Waals surface area contributed by atoms with Crippen LogP contribution < -0.4 is 0 Å². The summed E-state index contributed by atoms with van der Waals surface area (Å²) in [4.78, 5) is 24.0. The molecule has 0 heterocycles. The Kier molecular flexibility index (Phi) is 5.11. The van der Waals surface area contributed by atoms with E-state index in [0.717, 1.165) is 5.56 Å². The molecule has 0 aliphatic heterocycles. The molecule has 0 unspecified atom stereocenters. The summed E-state index contributed by atoms with van der Waals surface area (Å²) in [6, 6.07) is 6.53. The lowest BCUT2D eigenvalue weighted by molar-refractivity contribution is -0.130. The minimum atomic E-state index is -0.947. The van der Waals surface area contributed by atoms with Gasteiger partial charge in [0, 0.05) is 20.0 Å². The molecule has 0 aromatic heterocycles. The second-order valence-electron chi connectivity index (χ2n) is 4.08. The molecule has 1 amide bonds. The van der Waals surface area contributed by atoms with Crippen LogP contribution >= 0.6 is 0 Å². The monoisotopic (exact) mass is 247 g/mol. The first-order valence-electron chi connectivity index (χ1n) is 5.71. The number of hydrogen-bond donors (Lipinski definition) is 1. The van der Waals surface area contributed by atoms with Gasteiger partial charge in [-0.3, -0.25) is 4.79 Å². The van der Waals surface area contributed by atoms with Crippen LogP contribution in [0.3, 0.4) is 0 Å². The van der Waals surface area contributed by atoms with Gasteiger partial charge in [-0.2, -0.15) is 0 Å². The van der Waals surface area contributed by atoms with Crippen molar-refractivity contribution < 1.29 is 14.7 Å². The van der Waals surface area contributed by atoms with Gasteiger partial charge in [-0.1, -0.05) is 18.2 Å². The number of benzene rings is 1. The summed E-state index contributed by atoms with van der Waals surface area (Å²) in [6.07, 6.45) is 2.84. The fourth-order valence-corrected chi connectivity index (χ4v) is 1.53. The number of aromatic carboxylic acids is 1. The SMILES string of the molecule is C=CCCC(=O)N(C)Cc1ccc(C(=O)O)cc1. The Morgan fingerprint density at radius 3 is 2.44 bits per heavy atom. The third-order valence-electron chi connectivity index (χ3n) is 2.61. The van der Waals surface area contributed by atoms with E-state index in [1.807, 2.05) is 0 Å². The van der Waals surface area contributed by atoms with Gasteiger partial charge in [0.1, 0.15) is 0 Å². The summed E-state index contributed by atoms with van der Waals surface area (Å²) in [7, 11) is 1.73. The van der Waals surface area contributed by atoms with E-state index in [1.165, 1.54) is 0 Å². The zero-order chi connectivity index (χ0) is 13.5. The van der Waals surface area contributed by atoms with Crippen LogP contribution in [0.15, 0.2) is 36.9 Å². The van der Waals surface area contributed by atoms with E-state index in [1.54, 1.807) is 42.3 Å². The molecule has 0 saturated heterocycles. The topological polar surface area (TPSA) is 57.6 Å². The smallest absolute Gasteiger partial charge is 0.335 e. The maximum Gasteiger partial charge on any atom is 0.335 e. The minimum Gasteiger partial charge on any atom is -0.478 e. The van der Waals surface area contributed by atoms with Crippen molar-refractivity contribution in [3.8, 4) is 0 Å². The Hall–Kier alpha value is -2.10. The highest BCUT2D eigenvalue weighted by molar-refractivity contribution is 5.87. The van der Waals surface area contributed by atoms with Gasteiger partial charge in [0.25, 0.3) is 0 Å². The van der Waals surface area contributed by atoms with Crippen molar-refractivity contribution in [2.45, 2.75) is 19.4 Å². The van der Waals surface area contributed by atoms with E-state index in [4.69, 9.17) is 5.11 Å². The fraction of sp³-hybridized carbons (Fsp3) is 0.286. The van der Waals surface area contributed by atoms with E-state index in [9.17, 15) is 9.59 Å². The van der Waals surface area contributed by atoms with Gasteiger partial charge in [0.2, 0.25) is 5.91 Å². The first-order chi connectivity index (χ1) is 8.54. The first-order valence-corrected chi connectivity index (χ1v) is 5.71. The third kappa shape index (κ3) is 4.05. The van der Waals surface area contributed by atoms with E-state index < -0.39 is 5.97 Å². The molecular weight excluding hydrogens is 230 g/mol. The molecule has 96 valence electrons. The summed E-state index contributed by atoms with van der Waals surface area (Å²) in [5.74, 6) is -0.894. The molecule has 0 fully saturated rings. The summed E-state index contributed by atoms with van der Waals surface area (Å²) in [6.45, 7) is 4.06. The first kappa shape index (κ1) is 14.0. The van der Waals surface area contributed by atoms with E-state index in [-0.39, 0.29) is 11.5 Å². The summed E-state index contributed by atoms with van der Waals surface area (Å²) in [5, 5.41) is 8.77. The summed E-state index contributed by atoms with van der Waals surface area (Å²) < 4.78 is 0. The third-order valence-corrected chi connectivity index (χ3v) is 2.61. The maximum atomic E-state index is 11.7. The Morgan fingerprint density at radius 1 is 1.33 bits per heavy atom. The Balaban J connectivity index is 2.58. The number of carbonyl (C=O) groups is 2. The standard InChI is InChI=1S/C14H17NO3/c1-3-4-5-13(16)15(2)10-11-6-8-12(9-7-11)14(17)18/h3,6-9H,1,4-5,10H2,2H3,(H,17,18). The van der Waals surface area contributed by atoms with Gasteiger partial charge in [-0.25, -0.2) is 4.79 Å². The van der Waals surface area contributed by atoms with Crippen molar-refractivity contribution in [3.05, 3.63) is 48.0 Å². The molecule has 0 bridgehead atoms. The lowest BCUT2D eigenvalue weighted by Gasteiger charge is -2.17. The molecule has 1 aromatic rings. The lowest BCUT2D eigenvalue weighted by Crippen LogP contribution is -2.25. The van der Waals surface area contributed by atoms with Crippen molar-refractivity contribution in [1.29, 1.82) is 0 Å². The lowest BCUT2D eigenvalue weighted by atomic mass is 10.1. The fourth-order valence-electron chi connectivity index (χ4n) is 1.53. The van der Waals surface area contributed by atoms with Gasteiger partial charge in [-0.15, -0.1) is 6.58 Å². The number of carboxylic acid groups (broad SMARTS) is 1. The molecule has 18 heavy (non-hydrogen) atoms. The Bertz CT molecular complexity index is 437. The highest BCUT2D eigenvalue weighted by Gasteiger charge is 2.08. The Morgan fingerprint density at radius 2 is 1.94 bits per heavy atom. The number of carboxylic acids is 1. The molecule has 1 N–H and O–H groups in total. The van der Waals surface area contributed by atoms with Gasteiger partial charge in [0.05, 0.1) is 5.56 Å². The Labute approximate surface area is 107 Å². The molecule has 4 nitrogen and oxygen atoms in total. The van der Waals surface area contributed by atoms with Crippen LogP contribution in [0.25, 0.3) is 0 Å². The zero-order valence-electron chi connectivity index (χ0n) is 10.4. The normalized spacial score (nSPS) is 9.83. The number of allylic oxidation sites excluding steroid dienone is 1. The van der Waals surface area contributed by atoms with Crippen LogP contribution in [0.1, 0.15) is 28.8 Å². The molecule has 4 heteroatoms. The largest absolute Gasteiger partial charge is 0.478 e. The van der Waals surface area contributed by atoms with Crippen molar-refractivity contribution in [2.75, 3.05) is 7.05 Å². The number of hydrogen-bond acceptors (Lipinski definition) is 2. The molecule has 1 aromatic carbocycles. The van der Waals surface area contributed by atoms with Crippen molar-refractivity contribution in [1.82, 2.24) is 4.90 Å². The second-order valence-corrected chi connectivity index (χ2v) is 4.08. The average molecular weight is 247 g/mol. The van der Waals surface area contributed by atoms with E-state index >= 15 is 0 Å². The molecule has 0 aliphatic carbocycles. The number of nitrogens with zero attached hydrogens (tertiary/aromatic N) is 1. The molecule has 0 aliphatic rings. The minimum absolute atomic E-state index is 0.0530. The molecule has 1 rings (SSSR count). The molecule has 0 atom stereocenters. The van der Waals surface area contributed by atoms with Crippen molar-refractivity contribution in [2.24, 2.45) is 0 Å². The number of rotatable bonds is 6. The molecule has 0 radical (unpaired) electrons. The highest BCUT2D eigenvalue weighted by Crippen LogP contribution is 2.08. The van der Waals surface area contributed by atoms with E-state index in [0.29, 0.717) is 19.4 Å². The van der Waals surface area contributed by atoms with Crippen molar-refractivity contribution >= 4 is 11.9 Å². The zero-order valence-corrected chi connectivity index (χ0v) is 10.4. The highest BCUT2D eigenvalue weighted by atomic mass is 16.4. The molecular formula is C14H17NO3. The molecule has 0 saturated carbocycles. The van der Waals surface area contributed by atoms with E-state index in [2.05, 4.69) is 6.58 Å². The number of carbonyl (C=O) groups excluding carboxylic acids is 1. The van der Waals surface area contributed by atoms with Crippen LogP contribution in [-0.2, 0) is 11.3 Å². The van der Waals surface area contributed by atoms with Crippen LogP contribution in [-0.4, -0.2) is 28.9 Å². The van der Waals surface area contributed by atoms with Gasteiger partial charge < -0.3 is 10.0 Å².